The van der Waals surface area contributed by atoms with E-state index in [9.17, 15) is 14.7 Å². The van der Waals surface area contributed by atoms with Crippen LogP contribution >= 0.6 is 11.3 Å². The molecule has 5 rings (SSSR count). The number of piperidine rings is 1. The number of anilines is 1. The van der Waals surface area contributed by atoms with Gasteiger partial charge in [-0.25, -0.2) is 4.79 Å². The number of hydrogen-bond acceptors (Lipinski definition) is 5. The minimum atomic E-state index is -1.31. The molecule has 6 nitrogen and oxygen atoms in total. The maximum absolute atomic E-state index is 13.8. The Bertz CT molecular complexity index is 1230. The van der Waals surface area contributed by atoms with E-state index in [1.54, 1.807) is 31.3 Å². The van der Waals surface area contributed by atoms with E-state index in [1.807, 2.05) is 18.2 Å². The Labute approximate surface area is 222 Å². The van der Waals surface area contributed by atoms with Crippen molar-refractivity contribution in [2.45, 2.75) is 57.7 Å². The first-order valence-corrected chi connectivity index (χ1v) is 13.9. The first-order valence-electron chi connectivity index (χ1n) is 13.0. The first kappa shape index (κ1) is 25.3. The third kappa shape index (κ3) is 5.99. The van der Waals surface area contributed by atoms with Crippen LogP contribution in [-0.4, -0.2) is 46.6 Å². The maximum Gasteiger partial charge on any atom is 0.347 e. The van der Waals surface area contributed by atoms with Gasteiger partial charge in [0.2, 0.25) is 5.91 Å². The van der Waals surface area contributed by atoms with Crippen LogP contribution in [0.4, 0.5) is 5.69 Å². The van der Waals surface area contributed by atoms with Crippen molar-refractivity contribution in [1.82, 2.24) is 4.90 Å². The summed E-state index contributed by atoms with van der Waals surface area (Å²) >= 11 is 1.73. The van der Waals surface area contributed by atoms with Crippen LogP contribution in [0.15, 0.2) is 66.0 Å². The number of rotatable bonds is 9. The number of ether oxygens (including phenoxy) is 1. The fourth-order valence-electron chi connectivity index (χ4n) is 4.92. The highest BCUT2D eigenvalue weighted by molar-refractivity contribution is 7.13. The van der Waals surface area contributed by atoms with Crippen molar-refractivity contribution >= 4 is 28.9 Å². The van der Waals surface area contributed by atoms with Gasteiger partial charge in [-0.1, -0.05) is 36.4 Å². The highest BCUT2D eigenvalue weighted by Crippen LogP contribution is 2.34. The van der Waals surface area contributed by atoms with Gasteiger partial charge in [-0.05, 0) is 74.2 Å². The zero-order valence-corrected chi connectivity index (χ0v) is 22.2. The second-order valence-corrected chi connectivity index (χ2v) is 11.5. The third-order valence-electron chi connectivity index (χ3n) is 7.22. The molecule has 37 heavy (non-hydrogen) atoms. The van der Waals surface area contributed by atoms with Crippen molar-refractivity contribution < 1.29 is 19.4 Å². The molecular formula is C30H34N2O4S. The SMILES string of the molecule is CC(C)(Oc1cccc(N2CCCC(C(=O)N(Cc3ccc(-c4cccs4)cc3)C3CC3)C2)c1)C(=O)O. The second kappa shape index (κ2) is 10.6. The molecule has 1 N–H and O–H groups in total. The van der Waals surface area contributed by atoms with Crippen molar-refractivity contribution in [2.24, 2.45) is 5.92 Å². The number of carboxylic acid groups (broad SMARTS) is 1. The monoisotopic (exact) mass is 518 g/mol. The Balaban J connectivity index is 1.26. The lowest BCUT2D eigenvalue weighted by Gasteiger charge is -2.36. The number of hydrogen-bond donors (Lipinski definition) is 1. The molecule has 7 heteroatoms. The van der Waals surface area contributed by atoms with Gasteiger partial charge in [0, 0.05) is 42.3 Å². The van der Waals surface area contributed by atoms with Crippen LogP contribution in [0, 0.1) is 5.92 Å². The van der Waals surface area contributed by atoms with E-state index in [0.29, 0.717) is 24.9 Å². The fraction of sp³-hybridized carbons (Fsp3) is 0.400. The largest absolute Gasteiger partial charge is 0.478 e. The number of carbonyl (C=O) groups excluding carboxylic acids is 1. The van der Waals surface area contributed by atoms with Crippen molar-refractivity contribution in [3.8, 4) is 16.2 Å². The number of nitrogens with zero attached hydrogens (tertiary/aromatic N) is 2. The number of carboxylic acids is 1. The van der Waals surface area contributed by atoms with E-state index in [2.05, 4.69) is 51.6 Å². The second-order valence-electron chi connectivity index (χ2n) is 10.6. The van der Waals surface area contributed by atoms with Gasteiger partial charge in [0.25, 0.3) is 0 Å². The van der Waals surface area contributed by atoms with Crippen molar-refractivity contribution in [1.29, 1.82) is 0 Å². The van der Waals surface area contributed by atoms with E-state index in [-0.39, 0.29) is 11.8 Å². The molecule has 1 saturated heterocycles. The van der Waals surface area contributed by atoms with Crippen LogP contribution in [-0.2, 0) is 16.1 Å². The average Bonchev–Trinajstić information content (AvgIpc) is 3.59. The molecule has 1 amide bonds. The molecule has 2 heterocycles. The predicted molar refractivity (Wildman–Crippen MR) is 147 cm³/mol. The molecule has 194 valence electrons. The van der Waals surface area contributed by atoms with E-state index in [4.69, 9.17) is 4.74 Å². The van der Waals surface area contributed by atoms with E-state index in [1.165, 1.54) is 16.0 Å². The minimum Gasteiger partial charge on any atom is -0.478 e. The fourth-order valence-corrected chi connectivity index (χ4v) is 5.65. The third-order valence-corrected chi connectivity index (χ3v) is 8.14. The Morgan fingerprint density at radius 3 is 2.54 bits per heavy atom. The van der Waals surface area contributed by atoms with Crippen molar-refractivity contribution in [3.05, 3.63) is 71.6 Å². The van der Waals surface area contributed by atoms with Crippen LogP contribution in [0.2, 0.25) is 0 Å². The molecule has 2 aromatic carbocycles. The van der Waals surface area contributed by atoms with Gasteiger partial charge in [-0.15, -0.1) is 11.3 Å². The van der Waals surface area contributed by atoms with Gasteiger partial charge >= 0.3 is 5.97 Å². The zero-order valence-electron chi connectivity index (χ0n) is 21.4. The van der Waals surface area contributed by atoms with Crippen LogP contribution < -0.4 is 9.64 Å². The highest BCUT2D eigenvalue weighted by atomic mass is 32.1. The molecular weight excluding hydrogens is 484 g/mol. The molecule has 2 fully saturated rings. The standard InChI is InChI=1S/C30H34N2O4S/c1-30(2,29(34)35)36-26-8-3-7-25(18-26)31-16-4-6-23(20-31)28(33)32(24-14-15-24)19-21-10-12-22(13-11-21)27-9-5-17-37-27/h3,5,7-13,17-18,23-24H,4,6,14-16,19-20H2,1-2H3,(H,34,35). The molecule has 2 aliphatic rings. The van der Waals surface area contributed by atoms with Gasteiger partial charge < -0.3 is 19.6 Å². The Kier molecular flexibility index (Phi) is 7.24. The molecule has 1 aliphatic carbocycles. The molecule has 3 aromatic rings. The summed E-state index contributed by atoms with van der Waals surface area (Å²) in [7, 11) is 0. The topological polar surface area (TPSA) is 70.1 Å². The molecule has 1 saturated carbocycles. The van der Waals surface area contributed by atoms with E-state index < -0.39 is 11.6 Å². The summed E-state index contributed by atoms with van der Waals surface area (Å²) in [6.07, 6.45) is 3.98. The molecule has 0 bridgehead atoms. The lowest BCUT2D eigenvalue weighted by Crippen LogP contribution is -2.45. The molecule has 1 aromatic heterocycles. The summed E-state index contributed by atoms with van der Waals surface area (Å²) in [6, 6.07) is 20.7. The van der Waals surface area contributed by atoms with Gasteiger partial charge in [-0.2, -0.15) is 0 Å². The normalized spacial score (nSPS) is 17.9. The summed E-state index contributed by atoms with van der Waals surface area (Å²) in [5.41, 5.74) is 2.02. The van der Waals surface area contributed by atoms with Crippen molar-refractivity contribution in [3.63, 3.8) is 0 Å². The summed E-state index contributed by atoms with van der Waals surface area (Å²) in [4.78, 5) is 30.8. The molecule has 0 spiro atoms. The predicted octanol–water partition coefficient (Wildman–Crippen LogP) is 6.06. The smallest absolute Gasteiger partial charge is 0.347 e. The van der Waals surface area contributed by atoms with Gasteiger partial charge in [-0.3, -0.25) is 4.79 Å². The molecule has 1 unspecified atom stereocenters. The zero-order chi connectivity index (χ0) is 26.0. The quantitative estimate of drug-likeness (QED) is 0.373. The maximum atomic E-state index is 13.8. The lowest BCUT2D eigenvalue weighted by atomic mass is 9.95. The number of aliphatic carboxylic acids is 1. The van der Waals surface area contributed by atoms with Crippen LogP contribution in [0.25, 0.3) is 10.4 Å². The molecule has 1 aliphatic heterocycles. The van der Waals surface area contributed by atoms with E-state index >= 15 is 0 Å². The first-order chi connectivity index (χ1) is 17.8. The number of amides is 1. The van der Waals surface area contributed by atoms with Gasteiger partial charge in [0.05, 0.1) is 5.92 Å². The number of carbonyl (C=O) groups is 2. The summed E-state index contributed by atoms with van der Waals surface area (Å²) in [5.74, 6) is -0.305. The summed E-state index contributed by atoms with van der Waals surface area (Å²) in [6.45, 7) is 5.26. The average molecular weight is 519 g/mol. The Morgan fingerprint density at radius 2 is 1.86 bits per heavy atom. The summed E-state index contributed by atoms with van der Waals surface area (Å²) in [5, 5.41) is 11.5. The number of benzene rings is 2. The number of thiophene rings is 1. The molecule has 0 radical (unpaired) electrons. The van der Waals surface area contributed by atoms with Gasteiger partial charge in [0.1, 0.15) is 5.75 Å². The van der Waals surface area contributed by atoms with Crippen molar-refractivity contribution in [2.75, 3.05) is 18.0 Å². The van der Waals surface area contributed by atoms with Crippen LogP contribution in [0.5, 0.6) is 5.75 Å². The Hall–Kier alpha value is -3.32. The van der Waals surface area contributed by atoms with Crippen LogP contribution in [0.1, 0.15) is 45.1 Å². The highest BCUT2D eigenvalue weighted by Gasteiger charge is 2.37. The van der Waals surface area contributed by atoms with Crippen LogP contribution in [0.3, 0.4) is 0 Å². The van der Waals surface area contributed by atoms with Gasteiger partial charge in [0.15, 0.2) is 5.60 Å². The minimum absolute atomic E-state index is 0.0558. The van der Waals surface area contributed by atoms with E-state index in [0.717, 1.165) is 37.9 Å². The molecule has 1 atom stereocenters. The summed E-state index contributed by atoms with van der Waals surface area (Å²) < 4.78 is 5.74. The Morgan fingerprint density at radius 1 is 1.08 bits per heavy atom. The lowest BCUT2D eigenvalue weighted by molar-refractivity contribution is -0.152.